The van der Waals surface area contributed by atoms with Gasteiger partial charge in [-0.2, -0.15) is 26.3 Å². The van der Waals surface area contributed by atoms with Crippen molar-refractivity contribution in [2.75, 3.05) is 6.54 Å². The number of amides is 1. The van der Waals surface area contributed by atoms with E-state index >= 15 is 0 Å². The lowest BCUT2D eigenvalue weighted by Crippen LogP contribution is -2.27. The standard InChI is InChI=1S/C14H11F6NOS/c15-13(16,17)8-4-7(5-9(6-8)14(18,19)20)11-10-2-1-3-21(10)12(22)23-11/h4-6,10-11H,1-3H2/t10-,11?/m0/s1. The van der Waals surface area contributed by atoms with E-state index in [1.807, 2.05) is 0 Å². The first kappa shape index (κ1) is 16.5. The second-order valence-corrected chi connectivity index (χ2v) is 6.64. The molecule has 0 spiro atoms. The van der Waals surface area contributed by atoms with Crippen LogP contribution in [0.25, 0.3) is 0 Å². The fourth-order valence-electron chi connectivity index (χ4n) is 3.02. The average molecular weight is 355 g/mol. The molecule has 1 aromatic carbocycles. The van der Waals surface area contributed by atoms with E-state index in [4.69, 9.17) is 0 Å². The molecule has 1 amide bonds. The van der Waals surface area contributed by atoms with Gasteiger partial charge in [0.1, 0.15) is 0 Å². The van der Waals surface area contributed by atoms with Crippen LogP contribution < -0.4 is 0 Å². The minimum absolute atomic E-state index is 0.0973. The Labute approximate surface area is 131 Å². The molecule has 2 aliphatic rings. The predicted octanol–water partition coefficient (Wildman–Crippen LogP) is 5.10. The maximum Gasteiger partial charge on any atom is 0.416 e. The SMILES string of the molecule is O=C1SC(c2cc(C(F)(F)F)cc(C(F)(F)F)c2)[C@@H]2CCCN12. The number of rotatable bonds is 1. The maximum atomic E-state index is 12.9. The van der Waals surface area contributed by atoms with Crippen molar-refractivity contribution >= 4 is 17.0 Å². The van der Waals surface area contributed by atoms with Gasteiger partial charge in [-0.15, -0.1) is 0 Å². The van der Waals surface area contributed by atoms with Gasteiger partial charge in [-0.3, -0.25) is 4.79 Å². The van der Waals surface area contributed by atoms with Gasteiger partial charge in [-0.1, -0.05) is 11.8 Å². The van der Waals surface area contributed by atoms with Crippen LogP contribution in [0.15, 0.2) is 18.2 Å². The van der Waals surface area contributed by atoms with Gasteiger partial charge in [0.15, 0.2) is 0 Å². The molecule has 1 unspecified atom stereocenters. The Morgan fingerprint density at radius 3 is 2.09 bits per heavy atom. The number of hydrogen-bond acceptors (Lipinski definition) is 2. The maximum absolute atomic E-state index is 12.9. The molecule has 2 atom stereocenters. The number of hydrogen-bond donors (Lipinski definition) is 0. The topological polar surface area (TPSA) is 20.3 Å². The van der Waals surface area contributed by atoms with E-state index in [0.29, 0.717) is 19.4 Å². The van der Waals surface area contributed by atoms with Crippen molar-refractivity contribution in [3.63, 3.8) is 0 Å². The number of carbonyl (C=O) groups is 1. The van der Waals surface area contributed by atoms with Crippen molar-refractivity contribution in [2.24, 2.45) is 0 Å². The lowest BCUT2D eigenvalue weighted by molar-refractivity contribution is -0.143. The average Bonchev–Trinajstić information content (AvgIpc) is 3.01. The monoisotopic (exact) mass is 355 g/mol. The largest absolute Gasteiger partial charge is 0.416 e. The van der Waals surface area contributed by atoms with E-state index in [2.05, 4.69) is 0 Å². The third-order valence-electron chi connectivity index (χ3n) is 4.05. The van der Waals surface area contributed by atoms with E-state index in [1.54, 1.807) is 0 Å². The minimum atomic E-state index is -4.88. The minimum Gasteiger partial charge on any atom is -0.329 e. The fraction of sp³-hybridized carbons (Fsp3) is 0.500. The Kier molecular flexibility index (Phi) is 3.81. The van der Waals surface area contributed by atoms with Crippen molar-refractivity contribution < 1.29 is 31.1 Å². The number of carbonyl (C=O) groups excluding carboxylic acids is 1. The molecule has 1 aromatic rings. The van der Waals surface area contributed by atoms with E-state index in [-0.39, 0.29) is 22.9 Å². The van der Waals surface area contributed by atoms with Crippen LogP contribution in [0.1, 0.15) is 34.8 Å². The number of alkyl halides is 6. The van der Waals surface area contributed by atoms with Gasteiger partial charge in [0.2, 0.25) is 0 Å². The Morgan fingerprint density at radius 1 is 1.00 bits per heavy atom. The molecule has 23 heavy (non-hydrogen) atoms. The number of thioether (sulfide) groups is 1. The summed E-state index contributed by atoms with van der Waals surface area (Å²) in [5.41, 5.74) is -2.78. The molecular weight excluding hydrogens is 344 g/mol. The Balaban J connectivity index is 2.06. The molecule has 126 valence electrons. The summed E-state index contributed by atoms with van der Waals surface area (Å²) in [6.07, 6.45) is -8.46. The predicted molar refractivity (Wildman–Crippen MR) is 71.9 cm³/mol. The van der Waals surface area contributed by atoms with Crippen LogP contribution in [-0.4, -0.2) is 22.7 Å². The van der Waals surface area contributed by atoms with E-state index < -0.39 is 28.7 Å². The zero-order valence-electron chi connectivity index (χ0n) is 11.5. The third kappa shape index (κ3) is 3.02. The third-order valence-corrected chi connectivity index (χ3v) is 5.33. The number of halogens is 6. The van der Waals surface area contributed by atoms with Crippen molar-refractivity contribution in [1.29, 1.82) is 0 Å². The summed E-state index contributed by atoms with van der Waals surface area (Å²) in [4.78, 5) is 13.4. The van der Waals surface area contributed by atoms with Gasteiger partial charge in [0.05, 0.1) is 16.4 Å². The van der Waals surface area contributed by atoms with Gasteiger partial charge < -0.3 is 4.90 Å². The van der Waals surface area contributed by atoms with E-state index in [9.17, 15) is 31.1 Å². The van der Waals surface area contributed by atoms with E-state index in [1.165, 1.54) is 4.90 Å². The van der Waals surface area contributed by atoms with Gasteiger partial charge in [-0.05, 0) is 36.6 Å². The molecular formula is C14H11F6NOS. The summed E-state index contributed by atoms with van der Waals surface area (Å²) in [5, 5.41) is -0.989. The molecule has 0 aliphatic carbocycles. The first-order valence-electron chi connectivity index (χ1n) is 6.84. The highest BCUT2D eigenvalue weighted by molar-refractivity contribution is 8.14. The highest BCUT2D eigenvalue weighted by atomic mass is 32.2. The highest BCUT2D eigenvalue weighted by Crippen LogP contribution is 2.49. The second kappa shape index (κ2) is 5.32. The van der Waals surface area contributed by atoms with Crippen LogP contribution in [0.2, 0.25) is 0 Å². The lowest BCUT2D eigenvalue weighted by atomic mass is 9.98. The molecule has 2 fully saturated rings. The molecule has 0 bridgehead atoms. The van der Waals surface area contributed by atoms with Gasteiger partial charge >= 0.3 is 12.4 Å². The second-order valence-electron chi connectivity index (χ2n) is 5.55. The van der Waals surface area contributed by atoms with Crippen LogP contribution in [0.4, 0.5) is 31.1 Å². The smallest absolute Gasteiger partial charge is 0.329 e. The zero-order valence-corrected chi connectivity index (χ0v) is 12.4. The number of benzene rings is 1. The Hall–Kier alpha value is -1.38. The number of nitrogens with zero attached hydrogens (tertiary/aromatic N) is 1. The molecule has 0 aromatic heterocycles. The quantitative estimate of drug-likeness (QED) is 0.654. The van der Waals surface area contributed by atoms with Gasteiger partial charge in [0.25, 0.3) is 5.24 Å². The van der Waals surface area contributed by atoms with Crippen LogP contribution in [0, 0.1) is 0 Å². The van der Waals surface area contributed by atoms with Crippen molar-refractivity contribution in [3.05, 3.63) is 34.9 Å². The van der Waals surface area contributed by atoms with Crippen LogP contribution in [-0.2, 0) is 12.4 Å². The van der Waals surface area contributed by atoms with Crippen molar-refractivity contribution in [3.8, 4) is 0 Å². The molecule has 0 saturated carbocycles. The summed E-state index contributed by atoms with van der Waals surface area (Å²) in [5.74, 6) is 0. The van der Waals surface area contributed by atoms with Crippen LogP contribution >= 0.6 is 11.8 Å². The normalized spacial score (nSPS) is 25.1. The Bertz CT molecular complexity index is 609. The summed E-state index contributed by atoms with van der Waals surface area (Å²) >= 11 is 0.802. The molecule has 2 nitrogen and oxygen atoms in total. The summed E-state index contributed by atoms with van der Waals surface area (Å²) in [6.45, 7) is 0.498. The Morgan fingerprint density at radius 2 is 1.57 bits per heavy atom. The molecule has 3 rings (SSSR count). The fourth-order valence-corrected chi connectivity index (χ4v) is 4.31. The highest BCUT2D eigenvalue weighted by Gasteiger charge is 2.45. The van der Waals surface area contributed by atoms with E-state index in [0.717, 1.165) is 23.9 Å². The van der Waals surface area contributed by atoms with Crippen molar-refractivity contribution in [2.45, 2.75) is 36.5 Å². The molecule has 2 aliphatic heterocycles. The number of fused-ring (bicyclic) bond motifs is 1. The first-order valence-corrected chi connectivity index (χ1v) is 7.72. The summed E-state index contributed by atoms with van der Waals surface area (Å²) < 4.78 is 77.5. The first-order chi connectivity index (χ1) is 10.6. The molecule has 9 heteroatoms. The van der Waals surface area contributed by atoms with Gasteiger partial charge in [0, 0.05) is 12.6 Å². The molecule has 0 radical (unpaired) electrons. The lowest BCUT2D eigenvalue weighted by Gasteiger charge is -2.21. The summed E-state index contributed by atoms with van der Waals surface area (Å²) in [6, 6.07) is 1.22. The molecule has 2 saturated heterocycles. The van der Waals surface area contributed by atoms with Crippen molar-refractivity contribution in [1.82, 2.24) is 4.90 Å². The van der Waals surface area contributed by atoms with Crippen LogP contribution in [0.3, 0.4) is 0 Å². The van der Waals surface area contributed by atoms with Gasteiger partial charge in [-0.25, -0.2) is 0 Å². The molecule has 2 heterocycles. The van der Waals surface area contributed by atoms with Crippen LogP contribution in [0.5, 0.6) is 0 Å². The zero-order chi connectivity index (χ0) is 17.0. The summed E-state index contributed by atoms with van der Waals surface area (Å²) in [7, 11) is 0. The molecule has 0 N–H and O–H groups in total.